The molecule has 0 nitrogen and oxygen atoms in total. The van der Waals surface area contributed by atoms with Gasteiger partial charge < -0.3 is 0 Å². The standard InChI is InChI=1S/C27H50S/c1-3-5-7-9-11-13-15-17-19-21-23-27-25-28-24-26(27)22-20-18-16-14-12-10-8-6-4-2/h24-25H,3-23H2,1-2H3. The smallest absolute Gasteiger partial charge is 0.00584 e. The van der Waals surface area contributed by atoms with Crippen molar-refractivity contribution in [3.63, 3.8) is 0 Å². The van der Waals surface area contributed by atoms with E-state index in [0.717, 1.165) is 0 Å². The van der Waals surface area contributed by atoms with Crippen molar-refractivity contribution in [3.8, 4) is 0 Å². The van der Waals surface area contributed by atoms with Gasteiger partial charge in [0, 0.05) is 0 Å². The Morgan fingerprint density at radius 2 is 0.714 bits per heavy atom. The van der Waals surface area contributed by atoms with Gasteiger partial charge in [0.25, 0.3) is 0 Å². The van der Waals surface area contributed by atoms with Gasteiger partial charge in [-0.3, -0.25) is 0 Å². The first kappa shape index (κ1) is 25.7. The number of unbranched alkanes of at least 4 members (excludes halogenated alkanes) is 17. The molecule has 0 saturated carbocycles. The maximum absolute atomic E-state index is 2.43. The Kier molecular flexibility index (Phi) is 18.4. The molecule has 0 aliphatic rings. The minimum Gasteiger partial charge on any atom is -0.152 e. The Morgan fingerprint density at radius 3 is 1.04 bits per heavy atom. The molecule has 0 aliphatic heterocycles. The first-order valence-electron chi connectivity index (χ1n) is 12.9. The molecule has 0 aliphatic carbocycles. The lowest BCUT2D eigenvalue weighted by Gasteiger charge is -2.06. The van der Waals surface area contributed by atoms with Gasteiger partial charge in [0.1, 0.15) is 0 Å². The summed E-state index contributed by atoms with van der Waals surface area (Å²) in [7, 11) is 0. The molecule has 0 atom stereocenters. The zero-order valence-corrected chi connectivity index (χ0v) is 20.2. The average molecular weight is 407 g/mol. The fraction of sp³-hybridized carbons (Fsp3) is 0.852. The Bertz CT molecular complexity index is 420. The molecule has 1 heteroatoms. The summed E-state index contributed by atoms with van der Waals surface area (Å²) in [6, 6.07) is 0. The summed E-state index contributed by atoms with van der Waals surface area (Å²) in [6.45, 7) is 4.60. The molecule has 0 bridgehead atoms. The highest BCUT2D eigenvalue weighted by Crippen LogP contribution is 2.21. The molecule has 0 spiro atoms. The topological polar surface area (TPSA) is 0 Å². The molecule has 164 valence electrons. The van der Waals surface area contributed by atoms with Crippen LogP contribution in [0.15, 0.2) is 10.8 Å². The largest absolute Gasteiger partial charge is 0.152 e. The number of hydrogen-bond donors (Lipinski definition) is 0. The van der Waals surface area contributed by atoms with Gasteiger partial charge in [-0.05, 0) is 47.6 Å². The summed E-state index contributed by atoms with van der Waals surface area (Å²) in [5.41, 5.74) is 3.34. The highest BCUT2D eigenvalue weighted by atomic mass is 32.1. The monoisotopic (exact) mass is 406 g/mol. The van der Waals surface area contributed by atoms with Crippen molar-refractivity contribution >= 4 is 11.3 Å². The van der Waals surface area contributed by atoms with Crippen LogP contribution < -0.4 is 0 Å². The summed E-state index contributed by atoms with van der Waals surface area (Å²) >= 11 is 1.93. The summed E-state index contributed by atoms with van der Waals surface area (Å²) < 4.78 is 0. The lowest BCUT2D eigenvalue weighted by Crippen LogP contribution is -1.92. The number of aryl methyl sites for hydroxylation is 2. The first-order valence-corrected chi connectivity index (χ1v) is 13.9. The molecule has 0 radical (unpaired) electrons. The van der Waals surface area contributed by atoms with E-state index in [1.54, 1.807) is 11.1 Å². The van der Waals surface area contributed by atoms with Crippen LogP contribution in [0.1, 0.15) is 147 Å². The van der Waals surface area contributed by atoms with Crippen molar-refractivity contribution in [2.45, 2.75) is 149 Å². The SMILES string of the molecule is CCCCCCCCCCCCc1cscc1CCCCCCCCCCC. The Labute approximate surface area is 181 Å². The fourth-order valence-corrected chi connectivity index (χ4v) is 5.15. The van der Waals surface area contributed by atoms with Gasteiger partial charge in [-0.15, -0.1) is 0 Å². The van der Waals surface area contributed by atoms with Gasteiger partial charge >= 0.3 is 0 Å². The molecular formula is C27H50S. The molecule has 0 unspecified atom stereocenters. The molecule has 0 amide bonds. The van der Waals surface area contributed by atoms with Crippen LogP contribution in [0.25, 0.3) is 0 Å². The van der Waals surface area contributed by atoms with Crippen LogP contribution in [0, 0.1) is 0 Å². The third kappa shape index (κ3) is 14.7. The fourth-order valence-electron chi connectivity index (χ4n) is 4.22. The maximum atomic E-state index is 2.43. The van der Waals surface area contributed by atoms with Crippen LogP contribution in [-0.4, -0.2) is 0 Å². The second-order valence-electron chi connectivity index (χ2n) is 8.93. The number of rotatable bonds is 21. The average Bonchev–Trinajstić information content (AvgIpc) is 3.15. The normalized spacial score (nSPS) is 11.4. The van der Waals surface area contributed by atoms with Gasteiger partial charge in [-0.2, -0.15) is 11.3 Å². The predicted octanol–water partition coefficient (Wildman–Crippen LogP) is 10.3. The Balaban J connectivity index is 1.95. The van der Waals surface area contributed by atoms with Gasteiger partial charge in [0.2, 0.25) is 0 Å². The molecule has 0 saturated heterocycles. The van der Waals surface area contributed by atoms with E-state index in [2.05, 4.69) is 24.6 Å². The Morgan fingerprint density at radius 1 is 0.429 bits per heavy atom. The highest BCUT2D eigenvalue weighted by molar-refractivity contribution is 7.08. The molecular weight excluding hydrogens is 356 g/mol. The highest BCUT2D eigenvalue weighted by Gasteiger charge is 2.04. The Hall–Kier alpha value is -0.300. The zero-order valence-electron chi connectivity index (χ0n) is 19.4. The van der Waals surface area contributed by atoms with E-state index in [1.165, 1.54) is 135 Å². The van der Waals surface area contributed by atoms with Crippen molar-refractivity contribution in [1.29, 1.82) is 0 Å². The van der Waals surface area contributed by atoms with Gasteiger partial charge in [0.05, 0.1) is 0 Å². The quantitative estimate of drug-likeness (QED) is 0.178. The maximum Gasteiger partial charge on any atom is -0.00584 e. The van der Waals surface area contributed by atoms with E-state index < -0.39 is 0 Å². The van der Waals surface area contributed by atoms with Gasteiger partial charge in [0.15, 0.2) is 0 Å². The second-order valence-corrected chi connectivity index (χ2v) is 9.68. The van der Waals surface area contributed by atoms with Crippen LogP contribution in [-0.2, 0) is 12.8 Å². The van der Waals surface area contributed by atoms with E-state index in [9.17, 15) is 0 Å². The van der Waals surface area contributed by atoms with Crippen LogP contribution in [0.4, 0.5) is 0 Å². The van der Waals surface area contributed by atoms with Crippen LogP contribution >= 0.6 is 11.3 Å². The summed E-state index contributed by atoms with van der Waals surface area (Å²) in [5.74, 6) is 0. The molecule has 0 N–H and O–H groups in total. The molecule has 0 fully saturated rings. The molecule has 1 aromatic rings. The number of hydrogen-bond acceptors (Lipinski definition) is 1. The number of thiophene rings is 1. The van der Waals surface area contributed by atoms with Crippen molar-refractivity contribution in [3.05, 3.63) is 21.9 Å². The van der Waals surface area contributed by atoms with E-state index in [0.29, 0.717) is 0 Å². The van der Waals surface area contributed by atoms with Crippen LogP contribution in [0.3, 0.4) is 0 Å². The molecule has 1 heterocycles. The van der Waals surface area contributed by atoms with Crippen molar-refractivity contribution < 1.29 is 0 Å². The third-order valence-electron chi connectivity index (χ3n) is 6.18. The molecule has 1 rings (SSSR count). The van der Waals surface area contributed by atoms with E-state index in [1.807, 2.05) is 11.3 Å². The minimum absolute atomic E-state index is 1.33. The molecule has 28 heavy (non-hydrogen) atoms. The lowest BCUT2D eigenvalue weighted by molar-refractivity contribution is 0.555. The van der Waals surface area contributed by atoms with Crippen molar-refractivity contribution in [2.24, 2.45) is 0 Å². The summed E-state index contributed by atoms with van der Waals surface area (Å²) in [6.07, 6.45) is 29.9. The summed E-state index contributed by atoms with van der Waals surface area (Å²) in [4.78, 5) is 0. The van der Waals surface area contributed by atoms with Gasteiger partial charge in [-0.1, -0.05) is 123 Å². The second kappa shape index (κ2) is 20.0. The summed E-state index contributed by atoms with van der Waals surface area (Å²) in [5, 5.41) is 4.85. The van der Waals surface area contributed by atoms with Crippen LogP contribution in [0.2, 0.25) is 0 Å². The zero-order chi connectivity index (χ0) is 20.1. The van der Waals surface area contributed by atoms with E-state index in [-0.39, 0.29) is 0 Å². The molecule has 0 aromatic carbocycles. The van der Waals surface area contributed by atoms with E-state index in [4.69, 9.17) is 0 Å². The predicted molar refractivity (Wildman–Crippen MR) is 131 cm³/mol. The van der Waals surface area contributed by atoms with Gasteiger partial charge in [-0.25, -0.2) is 0 Å². The molecule has 1 aromatic heterocycles. The van der Waals surface area contributed by atoms with E-state index >= 15 is 0 Å². The third-order valence-corrected chi connectivity index (χ3v) is 7.02. The van der Waals surface area contributed by atoms with Crippen molar-refractivity contribution in [2.75, 3.05) is 0 Å². The van der Waals surface area contributed by atoms with Crippen LogP contribution in [0.5, 0.6) is 0 Å². The lowest BCUT2D eigenvalue weighted by atomic mass is 10.00. The van der Waals surface area contributed by atoms with Crippen molar-refractivity contribution in [1.82, 2.24) is 0 Å². The first-order chi connectivity index (χ1) is 13.9. The minimum atomic E-state index is 1.33.